The molecule has 0 aromatic carbocycles. The van der Waals surface area contributed by atoms with Crippen molar-refractivity contribution in [2.75, 3.05) is 17.4 Å². The summed E-state index contributed by atoms with van der Waals surface area (Å²) in [5.74, 6) is 3.89. The van der Waals surface area contributed by atoms with Crippen LogP contribution in [0.4, 0.5) is 0 Å². The van der Waals surface area contributed by atoms with E-state index in [4.69, 9.17) is 11.6 Å². The highest BCUT2D eigenvalue weighted by atomic mass is 35.5. The van der Waals surface area contributed by atoms with E-state index < -0.39 is 0 Å². The Balaban J connectivity index is 1.94. The number of rotatable bonds is 8. The molecule has 0 bridgehead atoms. The first-order chi connectivity index (χ1) is 7.83. The molecule has 0 amide bonds. The number of hydrogen-bond donors (Lipinski definition) is 0. The Morgan fingerprint density at radius 3 is 2.62 bits per heavy atom. The summed E-state index contributed by atoms with van der Waals surface area (Å²) < 4.78 is 0. The Morgan fingerprint density at radius 2 is 1.94 bits per heavy atom. The van der Waals surface area contributed by atoms with Gasteiger partial charge in [0, 0.05) is 12.3 Å². The molecule has 0 atom stereocenters. The number of alkyl halides is 1. The summed E-state index contributed by atoms with van der Waals surface area (Å²) in [5, 5.41) is 0. The van der Waals surface area contributed by atoms with Gasteiger partial charge < -0.3 is 0 Å². The molecule has 1 aliphatic rings. The molecule has 1 rings (SSSR count). The third-order valence-electron chi connectivity index (χ3n) is 3.18. The van der Waals surface area contributed by atoms with Gasteiger partial charge in [0.25, 0.3) is 0 Å². The average Bonchev–Trinajstić information content (AvgIpc) is 2.31. The molecule has 16 heavy (non-hydrogen) atoms. The van der Waals surface area contributed by atoms with Crippen molar-refractivity contribution < 1.29 is 4.79 Å². The van der Waals surface area contributed by atoms with Crippen LogP contribution in [0.2, 0.25) is 0 Å². The number of carbonyl (C=O) groups excluding carboxylic acids is 1. The van der Waals surface area contributed by atoms with Crippen molar-refractivity contribution in [1.29, 1.82) is 0 Å². The topological polar surface area (TPSA) is 17.1 Å². The van der Waals surface area contributed by atoms with Crippen molar-refractivity contribution in [2.45, 2.75) is 51.4 Å². The van der Waals surface area contributed by atoms with Crippen LogP contribution in [0.3, 0.4) is 0 Å². The maximum absolute atomic E-state index is 11.5. The van der Waals surface area contributed by atoms with Gasteiger partial charge in [-0.3, -0.25) is 4.79 Å². The number of thioether (sulfide) groups is 1. The first-order valence-electron chi connectivity index (χ1n) is 6.48. The molecule has 0 radical (unpaired) electrons. The third kappa shape index (κ3) is 6.80. The van der Waals surface area contributed by atoms with Gasteiger partial charge in [-0.1, -0.05) is 19.3 Å². The molecule has 3 heteroatoms. The third-order valence-corrected chi connectivity index (χ3v) is 4.68. The number of hydrogen-bond acceptors (Lipinski definition) is 2. The summed E-state index contributed by atoms with van der Waals surface area (Å²) in [6.07, 6.45) is 9.64. The van der Waals surface area contributed by atoms with Crippen molar-refractivity contribution in [2.24, 2.45) is 5.92 Å². The van der Waals surface area contributed by atoms with Gasteiger partial charge in [0.15, 0.2) is 0 Å². The Morgan fingerprint density at radius 1 is 1.19 bits per heavy atom. The highest BCUT2D eigenvalue weighted by Crippen LogP contribution is 2.26. The number of carbonyl (C=O) groups is 1. The molecule has 1 fully saturated rings. The summed E-state index contributed by atoms with van der Waals surface area (Å²) in [6, 6.07) is 0. The molecule has 1 nitrogen and oxygen atoms in total. The van der Waals surface area contributed by atoms with Crippen LogP contribution in [0.1, 0.15) is 51.4 Å². The van der Waals surface area contributed by atoms with E-state index in [1.165, 1.54) is 37.9 Å². The van der Waals surface area contributed by atoms with Crippen molar-refractivity contribution in [1.82, 2.24) is 0 Å². The summed E-state index contributed by atoms with van der Waals surface area (Å²) in [4.78, 5) is 11.5. The molecule has 0 spiro atoms. The smallest absolute Gasteiger partial charge is 0.142 e. The van der Waals surface area contributed by atoms with E-state index in [0.29, 0.717) is 11.7 Å². The number of ketones is 1. The largest absolute Gasteiger partial charge is 0.299 e. The SMILES string of the molecule is O=C(CCCCCl)CSCC1CCCCC1. The van der Waals surface area contributed by atoms with Gasteiger partial charge >= 0.3 is 0 Å². The van der Waals surface area contributed by atoms with Crippen molar-refractivity contribution in [3.05, 3.63) is 0 Å². The minimum absolute atomic E-state index is 0.408. The normalized spacial score (nSPS) is 17.6. The fraction of sp³-hybridized carbons (Fsp3) is 0.923. The lowest BCUT2D eigenvalue weighted by molar-refractivity contribution is -0.116. The maximum atomic E-state index is 11.5. The minimum atomic E-state index is 0.408. The average molecular weight is 263 g/mol. The van der Waals surface area contributed by atoms with Crippen LogP contribution >= 0.6 is 23.4 Å². The van der Waals surface area contributed by atoms with E-state index in [1.807, 2.05) is 11.8 Å². The second-order valence-electron chi connectivity index (χ2n) is 4.70. The molecular weight excluding hydrogens is 240 g/mol. The van der Waals surface area contributed by atoms with Crippen LogP contribution in [0.25, 0.3) is 0 Å². The molecule has 0 saturated heterocycles. The van der Waals surface area contributed by atoms with Gasteiger partial charge in [0.05, 0.1) is 5.75 Å². The van der Waals surface area contributed by atoms with Gasteiger partial charge in [0.1, 0.15) is 5.78 Å². The molecular formula is C13H23ClOS. The van der Waals surface area contributed by atoms with Crippen LogP contribution < -0.4 is 0 Å². The van der Waals surface area contributed by atoms with Gasteiger partial charge in [-0.05, 0) is 37.4 Å². The lowest BCUT2D eigenvalue weighted by Crippen LogP contribution is -2.10. The van der Waals surface area contributed by atoms with E-state index in [-0.39, 0.29) is 0 Å². The lowest BCUT2D eigenvalue weighted by atomic mass is 9.91. The Hall–Kier alpha value is 0.310. The quantitative estimate of drug-likeness (QED) is 0.480. The van der Waals surface area contributed by atoms with Crippen LogP contribution in [0.15, 0.2) is 0 Å². The van der Waals surface area contributed by atoms with Crippen molar-refractivity contribution >= 4 is 29.1 Å². The molecule has 1 saturated carbocycles. The zero-order chi connectivity index (χ0) is 11.6. The summed E-state index contributed by atoms with van der Waals surface area (Å²) in [5.41, 5.74) is 0. The van der Waals surface area contributed by atoms with Gasteiger partial charge in [0.2, 0.25) is 0 Å². The predicted molar refractivity (Wildman–Crippen MR) is 73.5 cm³/mol. The van der Waals surface area contributed by atoms with Gasteiger partial charge in [-0.15, -0.1) is 11.6 Å². The fourth-order valence-corrected chi connectivity index (χ4v) is 3.53. The lowest BCUT2D eigenvalue weighted by Gasteiger charge is -2.20. The Bertz CT molecular complexity index is 190. The van der Waals surface area contributed by atoms with E-state index in [1.54, 1.807) is 0 Å². The highest BCUT2D eigenvalue weighted by molar-refractivity contribution is 7.99. The number of Topliss-reactive ketones (excluding diaryl/α,β-unsaturated/α-hetero) is 1. The maximum Gasteiger partial charge on any atom is 0.142 e. The second kappa shape index (κ2) is 9.35. The monoisotopic (exact) mass is 262 g/mol. The first kappa shape index (κ1) is 14.4. The molecule has 0 aliphatic heterocycles. The summed E-state index contributed by atoms with van der Waals surface area (Å²) in [7, 11) is 0. The van der Waals surface area contributed by atoms with E-state index in [0.717, 1.165) is 30.9 Å². The minimum Gasteiger partial charge on any atom is -0.299 e. The Labute approximate surface area is 109 Å². The zero-order valence-electron chi connectivity index (χ0n) is 10.0. The standard InChI is InChI=1S/C13H23ClOS/c14-9-5-4-8-13(15)11-16-10-12-6-2-1-3-7-12/h12H,1-11H2. The number of halogens is 1. The van der Waals surface area contributed by atoms with E-state index in [2.05, 4.69) is 0 Å². The molecule has 94 valence electrons. The van der Waals surface area contributed by atoms with Crippen LogP contribution in [-0.2, 0) is 4.79 Å². The van der Waals surface area contributed by atoms with Crippen molar-refractivity contribution in [3.8, 4) is 0 Å². The van der Waals surface area contributed by atoms with Crippen LogP contribution in [0.5, 0.6) is 0 Å². The van der Waals surface area contributed by atoms with E-state index >= 15 is 0 Å². The second-order valence-corrected chi connectivity index (χ2v) is 6.11. The van der Waals surface area contributed by atoms with Crippen LogP contribution in [-0.4, -0.2) is 23.2 Å². The molecule has 1 aliphatic carbocycles. The highest BCUT2D eigenvalue weighted by Gasteiger charge is 2.13. The van der Waals surface area contributed by atoms with E-state index in [9.17, 15) is 4.79 Å². The fourth-order valence-electron chi connectivity index (χ4n) is 2.18. The molecule has 0 aromatic rings. The van der Waals surface area contributed by atoms with Crippen molar-refractivity contribution in [3.63, 3.8) is 0 Å². The number of unbranched alkanes of at least 4 members (excludes halogenated alkanes) is 1. The summed E-state index contributed by atoms with van der Waals surface area (Å²) >= 11 is 7.42. The van der Waals surface area contributed by atoms with Gasteiger partial charge in [-0.2, -0.15) is 11.8 Å². The molecule has 0 heterocycles. The van der Waals surface area contributed by atoms with Crippen LogP contribution in [0, 0.1) is 5.92 Å². The molecule has 0 unspecified atom stereocenters. The first-order valence-corrected chi connectivity index (χ1v) is 8.17. The summed E-state index contributed by atoms with van der Waals surface area (Å²) in [6.45, 7) is 0. The van der Waals surface area contributed by atoms with Gasteiger partial charge in [-0.25, -0.2) is 0 Å². The predicted octanol–water partition coefficient (Wildman–Crippen LogP) is 4.28. The zero-order valence-corrected chi connectivity index (χ0v) is 11.6. The molecule has 0 aromatic heterocycles. The molecule has 0 N–H and O–H groups in total. The Kier molecular flexibility index (Phi) is 8.40.